The third-order valence-corrected chi connectivity index (χ3v) is 5.85. The number of esters is 1. The summed E-state index contributed by atoms with van der Waals surface area (Å²) in [6.07, 6.45) is 6.44. The van der Waals surface area contributed by atoms with E-state index in [1.807, 2.05) is 30.5 Å². The molecule has 0 bridgehead atoms. The molecule has 29 heavy (non-hydrogen) atoms. The third kappa shape index (κ3) is 4.10. The smallest absolute Gasteiger partial charge is 0.337 e. The minimum atomic E-state index is -0.309. The highest BCUT2D eigenvalue weighted by Gasteiger charge is 2.37. The van der Waals surface area contributed by atoms with E-state index in [1.165, 1.54) is 25.5 Å². The number of ether oxygens (including phenoxy) is 1. The first kappa shape index (κ1) is 19.4. The quantitative estimate of drug-likeness (QED) is 0.598. The highest BCUT2D eigenvalue weighted by atomic mass is 16.5. The van der Waals surface area contributed by atoms with Gasteiger partial charge in [-0.25, -0.2) is 9.78 Å². The van der Waals surface area contributed by atoms with Crippen LogP contribution in [-0.2, 0) is 16.8 Å². The lowest BCUT2D eigenvalue weighted by Crippen LogP contribution is -2.40. The summed E-state index contributed by atoms with van der Waals surface area (Å²) >= 11 is 0. The molecule has 1 heterocycles. The molecule has 0 saturated heterocycles. The van der Waals surface area contributed by atoms with Crippen molar-refractivity contribution in [1.29, 1.82) is 0 Å². The van der Waals surface area contributed by atoms with E-state index in [-0.39, 0.29) is 11.5 Å². The number of carbonyl (C=O) groups excluding carboxylic acids is 1. The Labute approximate surface area is 171 Å². The van der Waals surface area contributed by atoms with Gasteiger partial charge in [-0.1, -0.05) is 54.8 Å². The van der Waals surface area contributed by atoms with Crippen LogP contribution < -0.4 is 5.32 Å². The fourth-order valence-corrected chi connectivity index (χ4v) is 4.07. The molecule has 0 amide bonds. The predicted octanol–water partition coefficient (Wildman–Crippen LogP) is 4.73. The van der Waals surface area contributed by atoms with Gasteiger partial charge in [0, 0.05) is 6.54 Å². The number of imidazole rings is 1. The largest absolute Gasteiger partial charge is 0.465 e. The summed E-state index contributed by atoms with van der Waals surface area (Å²) < 4.78 is 4.77. The van der Waals surface area contributed by atoms with Gasteiger partial charge in [0.2, 0.25) is 0 Å². The highest BCUT2D eigenvalue weighted by Crippen LogP contribution is 2.38. The normalized spacial score (nSPS) is 15.4. The number of aryl methyl sites for hydroxylation is 1. The van der Waals surface area contributed by atoms with Crippen LogP contribution in [0.1, 0.15) is 53.0 Å². The van der Waals surface area contributed by atoms with Crippen molar-refractivity contribution in [3.63, 3.8) is 0 Å². The Morgan fingerprint density at radius 3 is 2.45 bits per heavy atom. The molecular weight excluding hydrogens is 362 g/mol. The van der Waals surface area contributed by atoms with E-state index in [1.54, 1.807) is 0 Å². The molecule has 0 aliphatic heterocycles. The van der Waals surface area contributed by atoms with Gasteiger partial charge in [-0.05, 0) is 43.0 Å². The summed E-state index contributed by atoms with van der Waals surface area (Å²) in [4.78, 5) is 19.9. The topological polar surface area (TPSA) is 67.0 Å². The van der Waals surface area contributed by atoms with Crippen LogP contribution in [0.25, 0.3) is 11.3 Å². The Kier molecular flexibility index (Phi) is 5.49. The predicted molar refractivity (Wildman–Crippen MR) is 114 cm³/mol. The minimum absolute atomic E-state index is 0.135. The summed E-state index contributed by atoms with van der Waals surface area (Å²) in [5, 5.41) is 3.75. The maximum Gasteiger partial charge on any atom is 0.337 e. The van der Waals surface area contributed by atoms with E-state index < -0.39 is 0 Å². The van der Waals surface area contributed by atoms with Crippen molar-refractivity contribution in [2.75, 3.05) is 7.11 Å². The van der Waals surface area contributed by atoms with Crippen LogP contribution in [0.4, 0.5) is 0 Å². The van der Waals surface area contributed by atoms with E-state index >= 15 is 0 Å². The van der Waals surface area contributed by atoms with Crippen molar-refractivity contribution >= 4 is 5.97 Å². The van der Waals surface area contributed by atoms with E-state index in [4.69, 9.17) is 9.72 Å². The first-order chi connectivity index (χ1) is 14.1. The van der Waals surface area contributed by atoms with Gasteiger partial charge in [-0.3, -0.25) is 0 Å². The average molecular weight is 389 g/mol. The zero-order valence-electron chi connectivity index (χ0n) is 17.0. The summed E-state index contributed by atoms with van der Waals surface area (Å²) in [6, 6.07) is 16.1. The Morgan fingerprint density at radius 1 is 1.10 bits per heavy atom. The van der Waals surface area contributed by atoms with Crippen LogP contribution in [0.15, 0.2) is 54.7 Å². The second-order valence-corrected chi connectivity index (χ2v) is 7.84. The van der Waals surface area contributed by atoms with Crippen LogP contribution in [0.2, 0.25) is 0 Å². The van der Waals surface area contributed by atoms with E-state index in [9.17, 15) is 4.79 Å². The SMILES string of the molecule is COC(=O)c1ccc(CNC2(c3ncc(-c4ccc(C)cc4)[nH]3)CCCC2)cc1. The maximum atomic E-state index is 11.6. The Bertz CT molecular complexity index is 968. The molecule has 5 nitrogen and oxygen atoms in total. The number of carbonyl (C=O) groups is 1. The van der Waals surface area contributed by atoms with E-state index in [0.717, 1.165) is 42.0 Å². The van der Waals surface area contributed by atoms with Crippen molar-refractivity contribution in [2.24, 2.45) is 0 Å². The molecular formula is C24H27N3O2. The second kappa shape index (κ2) is 8.21. The van der Waals surface area contributed by atoms with Gasteiger partial charge in [-0.2, -0.15) is 0 Å². The van der Waals surface area contributed by atoms with E-state index in [0.29, 0.717) is 5.56 Å². The second-order valence-electron chi connectivity index (χ2n) is 7.84. The number of H-pyrrole nitrogens is 1. The van der Waals surface area contributed by atoms with Crippen molar-refractivity contribution in [2.45, 2.75) is 44.7 Å². The van der Waals surface area contributed by atoms with Crippen molar-refractivity contribution < 1.29 is 9.53 Å². The number of rotatable bonds is 6. The zero-order chi connectivity index (χ0) is 20.3. The van der Waals surface area contributed by atoms with Crippen molar-refractivity contribution in [1.82, 2.24) is 15.3 Å². The fraction of sp³-hybridized carbons (Fsp3) is 0.333. The molecule has 1 aliphatic rings. The molecule has 1 fully saturated rings. The van der Waals surface area contributed by atoms with Gasteiger partial charge in [0.05, 0.1) is 30.1 Å². The minimum Gasteiger partial charge on any atom is -0.465 e. The molecule has 0 unspecified atom stereocenters. The monoisotopic (exact) mass is 389 g/mol. The number of hydrogen-bond donors (Lipinski definition) is 2. The number of aromatic nitrogens is 2. The van der Waals surface area contributed by atoms with Crippen LogP contribution in [0, 0.1) is 6.92 Å². The van der Waals surface area contributed by atoms with Gasteiger partial charge >= 0.3 is 5.97 Å². The third-order valence-electron chi connectivity index (χ3n) is 5.85. The zero-order valence-corrected chi connectivity index (χ0v) is 17.0. The average Bonchev–Trinajstić information content (AvgIpc) is 3.43. The first-order valence-corrected chi connectivity index (χ1v) is 10.1. The van der Waals surface area contributed by atoms with Gasteiger partial charge in [-0.15, -0.1) is 0 Å². The number of methoxy groups -OCH3 is 1. The molecule has 2 N–H and O–H groups in total. The Hall–Kier alpha value is -2.92. The lowest BCUT2D eigenvalue weighted by atomic mass is 9.96. The molecule has 0 radical (unpaired) electrons. The summed E-state index contributed by atoms with van der Waals surface area (Å²) in [5.41, 5.74) is 5.02. The molecule has 0 atom stereocenters. The Balaban J connectivity index is 1.51. The van der Waals surface area contributed by atoms with Gasteiger partial charge in [0.15, 0.2) is 0 Å². The number of nitrogens with zero attached hydrogens (tertiary/aromatic N) is 1. The number of nitrogens with one attached hydrogen (secondary N) is 2. The summed E-state index contributed by atoms with van der Waals surface area (Å²) in [6.45, 7) is 2.82. The first-order valence-electron chi connectivity index (χ1n) is 10.1. The number of aromatic amines is 1. The van der Waals surface area contributed by atoms with Crippen LogP contribution in [0.5, 0.6) is 0 Å². The molecule has 2 aromatic carbocycles. The van der Waals surface area contributed by atoms with Crippen LogP contribution in [-0.4, -0.2) is 23.0 Å². The van der Waals surface area contributed by atoms with E-state index in [2.05, 4.69) is 41.5 Å². The summed E-state index contributed by atoms with van der Waals surface area (Å²) in [7, 11) is 1.40. The molecule has 0 spiro atoms. The summed E-state index contributed by atoms with van der Waals surface area (Å²) in [5.74, 6) is 0.702. The lowest BCUT2D eigenvalue weighted by molar-refractivity contribution is 0.0600. The van der Waals surface area contributed by atoms with Crippen molar-refractivity contribution in [3.05, 3.63) is 77.2 Å². The molecule has 5 heteroatoms. The Morgan fingerprint density at radius 2 is 1.79 bits per heavy atom. The van der Waals surface area contributed by atoms with Crippen molar-refractivity contribution in [3.8, 4) is 11.3 Å². The van der Waals surface area contributed by atoms with Gasteiger partial charge in [0.1, 0.15) is 5.82 Å². The number of hydrogen-bond acceptors (Lipinski definition) is 4. The molecule has 3 aromatic rings. The molecule has 150 valence electrons. The number of benzene rings is 2. The highest BCUT2D eigenvalue weighted by molar-refractivity contribution is 5.89. The maximum absolute atomic E-state index is 11.6. The van der Waals surface area contributed by atoms with Crippen LogP contribution in [0.3, 0.4) is 0 Å². The molecule has 4 rings (SSSR count). The lowest BCUT2D eigenvalue weighted by Gasteiger charge is -2.28. The van der Waals surface area contributed by atoms with Gasteiger partial charge in [0.25, 0.3) is 0 Å². The van der Waals surface area contributed by atoms with Crippen LogP contribution >= 0.6 is 0 Å². The molecule has 1 aromatic heterocycles. The molecule has 1 saturated carbocycles. The standard InChI is InChI=1S/C24H27N3O2/c1-17-5-9-19(10-6-17)21-16-25-23(27-21)24(13-3-4-14-24)26-15-18-7-11-20(12-8-18)22(28)29-2/h5-12,16,26H,3-4,13-15H2,1-2H3,(H,25,27). The fourth-order valence-electron chi connectivity index (χ4n) is 4.07. The van der Waals surface area contributed by atoms with Gasteiger partial charge < -0.3 is 15.0 Å². The molecule has 1 aliphatic carbocycles.